The van der Waals surface area contributed by atoms with Gasteiger partial charge in [0.2, 0.25) is 0 Å². The quantitative estimate of drug-likeness (QED) is 0.246. The molecular formula is C28H30O12. The van der Waals surface area contributed by atoms with Crippen molar-refractivity contribution >= 4 is 30.1 Å². The largest absolute Gasteiger partial charge is 0.504 e. The van der Waals surface area contributed by atoms with Crippen LogP contribution >= 0.6 is 0 Å². The van der Waals surface area contributed by atoms with Gasteiger partial charge in [-0.3, -0.25) is 0 Å². The first kappa shape index (κ1) is 30.0. The smallest absolute Gasteiger partial charge is 0.335 e. The molecule has 4 atom stereocenters. The first-order chi connectivity index (χ1) is 19.0. The SMILES string of the molecule is COc1cc(/C=C/C(=O)O[C@H]2CC(O)(C(=O)O)C[C@H](OC(=O)/C=C/c3ccc(OC)c(OC)c3)C2O)ccc1O. The zero-order valence-electron chi connectivity index (χ0n) is 22.0. The summed E-state index contributed by atoms with van der Waals surface area (Å²) in [5.74, 6) is -2.53. The number of ether oxygens (including phenoxy) is 5. The van der Waals surface area contributed by atoms with Gasteiger partial charge in [0.25, 0.3) is 0 Å². The number of carboxylic acids is 1. The first-order valence-electron chi connectivity index (χ1n) is 12.0. The summed E-state index contributed by atoms with van der Waals surface area (Å²) in [6.45, 7) is 0. The Labute approximate surface area is 229 Å². The predicted molar refractivity (Wildman–Crippen MR) is 140 cm³/mol. The molecule has 1 saturated carbocycles. The van der Waals surface area contributed by atoms with E-state index in [1.54, 1.807) is 18.2 Å². The summed E-state index contributed by atoms with van der Waals surface area (Å²) in [5, 5.41) is 40.6. The van der Waals surface area contributed by atoms with Gasteiger partial charge in [0.15, 0.2) is 28.6 Å². The van der Waals surface area contributed by atoms with Gasteiger partial charge in [-0.25, -0.2) is 14.4 Å². The number of carboxylic acid groups (broad SMARTS) is 1. The van der Waals surface area contributed by atoms with Crippen LogP contribution in [0.25, 0.3) is 12.2 Å². The van der Waals surface area contributed by atoms with E-state index in [-0.39, 0.29) is 11.5 Å². The van der Waals surface area contributed by atoms with E-state index >= 15 is 0 Å². The van der Waals surface area contributed by atoms with Crippen LogP contribution in [0.4, 0.5) is 0 Å². The van der Waals surface area contributed by atoms with Crippen LogP contribution in [-0.4, -0.2) is 83.6 Å². The minimum absolute atomic E-state index is 0.0975. The molecule has 2 aromatic rings. The number of hydrogen-bond donors (Lipinski definition) is 4. The van der Waals surface area contributed by atoms with E-state index in [1.165, 1.54) is 51.7 Å². The van der Waals surface area contributed by atoms with Crippen LogP contribution in [-0.2, 0) is 23.9 Å². The Balaban J connectivity index is 1.71. The van der Waals surface area contributed by atoms with Gasteiger partial charge in [0, 0.05) is 25.0 Å². The Morgan fingerprint density at radius 3 is 1.75 bits per heavy atom. The van der Waals surface area contributed by atoms with E-state index in [2.05, 4.69) is 0 Å². The lowest BCUT2D eigenvalue weighted by molar-refractivity contribution is -0.203. The van der Waals surface area contributed by atoms with Crippen molar-refractivity contribution in [2.45, 2.75) is 36.8 Å². The summed E-state index contributed by atoms with van der Waals surface area (Å²) < 4.78 is 25.9. The standard InChI is InChI=1S/C28H30O12/c1-36-19-9-5-17(13-21(19)38-3)7-11-25(31)40-23-15-28(35,27(33)34)14-22(26(23)32)39-24(30)10-6-16-4-8-18(29)20(12-16)37-2/h4-13,22-23,26,29,32,35H,14-15H2,1-3H3,(H,33,34)/b10-6+,11-7+/t22-,23-,26?,28?/m0/s1. The van der Waals surface area contributed by atoms with Crippen LogP contribution in [0.15, 0.2) is 48.6 Å². The highest BCUT2D eigenvalue weighted by atomic mass is 16.6. The van der Waals surface area contributed by atoms with Crippen molar-refractivity contribution in [2.75, 3.05) is 21.3 Å². The Kier molecular flexibility index (Phi) is 9.75. The lowest BCUT2D eigenvalue weighted by Gasteiger charge is -2.40. The maximum Gasteiger partial charge on any atom is 0.335 e. The number of aromatic hydroxyl groups is 1. The molecule has 4 N–H and O–H groups in total. The Hall–Kier alpha value is -4.55. The molecule has 0 bridgehead atoms. The molecule has 1 aliphatic carbocycles. The van der Waals surface area contributed by atoms with Crippen LogP contribution in [0, 0.1) is 0 Å². The summed E-state index contributed by atoms with van der Waals surface area (Å²) in [6.07, 6.45) is -1.07. The van der Waals surface area contributed by atoms with Crippen molar-refractivity contribution in [3.63, 3.8) is 0 Å². The first-order valence-corrected chi connectivity index (χ1v) is 12.0. The molecule has 0 aromatic heterocycles. The number of aliphatic hydroxyl groups is 2. The van der Waals surface area contributed by atoms with Crippen molar-refractivity contribution in [1.29, 1.82) is 0 Å². The minimum atomic E-state index is -2.43. The number of phenols is 1. The molecule has 12 nitrogen and oxygen atoms in total. The molecule has 0 saturated heterocycles. The number of methoxy groups -OCH3 is 3. The molecule has 214 valence electrons. The molecular weight excluding hydrogens is 528 g/mol. The van der Waals surface area contributed by atoms with Crippen LogP contribution in [0.5, 0.6) is 23.0 Å². The second kappa shape index (κ2) is 13.0. The van der Waals surface area contributed by atoms with Gasteiger partial charge in [-0.1, -0.05) is 12.1 Å². The summed E-state index contributed by atoms with van der Waals surface area (Å²) in [5.41, 5.74) is -1.40. The zero-order chi connectivity index (χ0) is 29.4. The van der Waals surface area contributed by atoms with Gasteiger partial charge in [-0.15, -0.1) is 0 Å². The van der Waals surface area contributed by atoms with E-state index in [4.69, 9.17) is 23.7 Å². The number of hydrogen-bond acceptors (Lipinski definition) is 11. The molecule has 0 spiro atoms. The lowest BCUT2D eigenvalue weighted by Crippen LogP contribution is -2.58. The molecule has 1 fully saturated rings. The summed E-state index contributed by atoms with van der Waals surface area (Å²) in [7, 11) is 4.30. The topological polar surface area (TPSA) is 178 Å². The molecule has 0 radical (unpaired) electrons. The Morgan fingerprint density at radius 2 is 1.27 bits per heavy atom. The number of benzene rings is 2. The van der Waals surface area contributed by atoms with E-state index < -0.39 is 54.7 Å². The van der Waals surface area contributed by atoms with Gasteiger partial charge in [-0.2, -0.15) is 0 Å². The van der Waals surface area contributed by atoms with Gasteiger partial charge in [0.1, 0.15) is 18.3 Å². The summed E-state index contributed by atoms with van der Waals surface area (Å²) in [6, 6.07) is 9.22. The molecule has 0 amide bonds. The van der Waals surface area contributed by atoms with Gasteiger partial charge < -0.3 is 44.1 Å². The van der Waals surface area contributed by atoms with Gasteiger partial charge >= 0.3 is 17.9 Å². The number of esters is 2. The summed E-state index contributed by atoms with van der Waals surface area (Å²) >= 11 is 0. The highest BCUT2D eigenvalue weighted by Gasteiger charge is 2.52. The van der Waals surface area contributed by atoms with E-state index in [9.17, 15) is 34.8 Å². The number of carbonyl (C=O) groups excluding carboxylic acids is 2. The van der Waals surface area contributed by atoms with E-state index in [1.807, 2.05) is 0 Å². The second-order valence-corrected chi connectivity index (χ2v) is 8.90. The molecule has 3 rings (SSSR count). The van der Waals surface area contributed by atoms with Crippen LogP contribution in [0.3, 0.4) is 0 Å². The monoisotopic (exact) mass is 558 g/mol. The third-order valence-electron chi connectivity index (χ3n) is 6.21. The van der Waals surface area contributed by atoms with Crippen LogP contribution < -0.4 is 14.2 Å². The highest BCUT2D eigenvalue weighted by Crippen LogP contribution is 2.34. The van der Waals surface area contributed by atoms with E-state index in [0.717, 1.165) is 12.2 Å². The number of phenolic OH excluding ortho intramolecular Hbond substituents is 1. The fourth-order valence-electron chi connectivity index (χ4n) is 4.09. The molecule has 2 aromatic carbocycles. The number of carbonyl (C=O) groups is 3. The van der Waals surface area contributed by atoms with Crippen LogP contribution in [0.2, 0.25) is 0 Å². The van der Waals surface area contributed by atoms with Crippen molar-refractivity contribution in [1.82, 2.24) is 0 Å². The molecule has 40 heavy (non-hydrogen) atoms. The van der Waals surface area contributed by atoms with Crippen molar-refractivity contribution < 1.29 is 58.5 Å². The average Bonchev–Trinajstić information content (AvgIpc) is 2.93. The number of aliphatic carboxylic acids is 1. The van der Waals surface area contributed by atoms with Gasteiger partial charge in [-0.05, 0) is 47.5 Å². The third-order valence-corrected chi connectivity index (χ3v) is 6.21. The molecule has 0 heterocycles. The summed E-state index contributed by atoms with van der Waals surface area (Å²) in [4.78, 5) is 36.7. The molecule has 12 heteroatoms. The lowest BCUT2D eigenvalue weighted by atomic mass is 9.79. The molecule has 1 aliphatic rings. The predicted octanol–water partition coefficient (Wildman–Crippen LogP) is 1.94. The zero-order valence-corrected chi connectivity index (χ0v) is 22.0. The second-order valence-electron chi connectivity index (χ2n) is 8.90. The Morgan fingerprint density at radius 1 is 0.800 bits per heavy atom. The fraction of sp³-hybridized carbons (Fsp3) is 0.321. The normalized spacial score (nSPS) is 22.6. The van der Waals surface area contributed by atoms with Crippen molar-refractivity contribution in [3.8, 4) is 23.0 Å². The fourth-order valence-corrected chi connectivity index (χ4v) is 4.09. The van der Waals surface area contributed by atoms with Gasteiger partial charge in [0.05, 0.1) is 21.3 Å². The highest BCUT2D eigenvalue weighted by molar-refractivity contribution is 5.88. The minimum Gasteiger partial charge on any atom is -0.504 e. The molecule has 0 aliphatic heterocycles. The van der Waals surface area contributed by atoms with Crippen molar-refractivity contribution in [2.24, 2.45) is 0 Å². The van der Waals surface area contributed by atoms with E-state index in [0.29, 0.717) is 22.6 Å². The van der Waals surface area contributed by atoms with Crippen molar-refractivity contribution in [3.05, 3.63) is 59.7 Å². The number of rotatable bonds is 10. The average molecular weight is 559 g/mol. The Bertz CT molecular complexity index is 1300. The van der Waals surface area contributed by atoms with Crippen LogP contribution in [0.1, 0.15) is 24.0 Å². The molecule has 2 unspecified atom stereocenters. The maximum atomic E-state index is 12.5. The maximum absolute atomic E-state index is 12.5. The third kappa shape index (κ3) is 7.30. The number of aliphatic hydroxyl groups excluding tert-OH is 1.